The number of benzene rings is 1. The Bertz CT molecular complexity index is 758. The molecule has 2 aliphatic carbocycles. The van der Waals surface area contributed by atoms with Crippen LogP contribution in [0.3, 0.4) is 0 Å². The average molecular weight is 391 g/mol. The van der Waals surface area contributed by atoms with Crippen LogP contribution in [-0.2, 0) is 10.3 Å². The van der Waals surface area contributed by atoms with Crippen molar-refractivity contribution in [3.63, 3.8) is 0 Å². The molecule has 154 valence electrons. The molecule has 28 heavy (non-hydrogen) atoms. The average Bonchev–Trinajstić information content (AvgIpc) is 2.56. The summed E-state index contributed by atoms with van der Waals surface area (Å²) < 4.78 is 25.6. The molecule has 1 amide bonds. The highest BCUT2D eigenvalue weighted by atomic mass is 19.1. The molecule has 1 heterocycles. The third kappa shape index (κ3) is 3.64. The lowest BCUT2D eigenvalue weighted by Gasteiger charge is -2.47. The van der Waals surface area contributed by atoms with Crippen LogP contribution in [0.4, 0.5) is 4.39 Å². The molecule has 0 radical (unpaired) electrons. The second-order valence-electron chi connectivity index (χ2n) is 9.77. The standard InChI is InChI=1S/C22H30FNO4/c1-13-3-14-5-15(4-13)9-21(2,8-14)10-28-19-7-18(23)16(20(24)25)6-17(19)22(26)11-27-12-22/h6-7,13-15,26H,3-5,8-12H2,1-2H3,(H2,24,25). The Kier molecular flexibility index (Phi) is 4.91. The molecule has 2 bridgehead atoms. The van der Waals surface area contributed by atoms with E-state index in [4.69, 9.17) is 15.2 Å². The van der Waals surface area contributed by atoms with Gasteiger partial charge in [0, 0.05) is 17.0 Å². The summed E-state index contributed by atoms with van der Waals surface area (Å²) in [5.41, 5.74) is 4.17. The van der Waals surface area contributed by atoms with Gasteiger partial charge in [0.05, 0.1) is 25.4 Å². The fourth-order valence-electron chi connectivity index (χ4n) is 5.76. The normalized spacial score (nSPS) is 33.8. The molecule has 3 N–H and O–H groups in total. The van der Waals surface area contributed by atoms with Crippen molar-refractivity contribution in [2.45, 2.75) is 51.6 Å². The van der Waals surface area contributed by atoms with E-state index in [9.17, 15) is 14.3 Å². The van der Waals surface area contributed by atoms with Crippen molar-refractivity contribution >= 4 is 5.91 Å². The zero-order chi connectivity index (χ0) is 20.1. The van der Waals surface area contributed by atoms with E-state index < -0.39 is 17.3 Å². The van der Waals surface area contributed by atoms with Crippen LogP contribution in [0.25, 0.3) is 0 Å². The number of nitrogens with two attached hydrogens (primary N) is 1. The van der Waals surface area contributed by atoms with Crippen molar-refractivity contribution < 1.29 is 23.8 Å². The molecule has 3 aliphatic rings. The smallest absolute Gasteiger partial charge is 0.251 e. The van der Waals surface area contributed by atoms with E-state index in [2.05, 4.69) is 13.8 Å². The Balaban J connectivity index is 1.56. The molecule has 4 rings (SSSR count). The van der Waals surface area contributed by atoms with Crippen molar-refractivity contribution in [2.24, 2.45) is 28.9 Å². The quantitative estimate of drug-likeness (QED) is 0.806. The van der Waals surface area contributed by atoms with Crippen molar-refractivity contribution in [1.29, 1.82) is 0 Å². The van der Waals surface area contributed by atoms with Gasteiger partial charge in [0.1, 0.15) is 17.2 Å². The molecule has 2 saturated carbocycles. The van der Waals surface area contributed by atoms with Gasteiger partial charge < -0.3 is 20.3 Å². The number of carbonyl (C=O) groups is 1. The van der Waals surface area contributed by atoms with Crippen LogP contribution in [-0.4, -0.2) is 30.8 Å². The van der Waals surface area contributed by atoms with E-state index in [-0.39, 0.29) is 29.9 Å². The first-order valence-corrected chi connectivity index (χ1v) is 10.2. The van der Waals surface area contributed by atoms with Crippen molar-refractivity contribution in [2.75, 3.05) is 19.8 Å². The number of carbonyl (C=O) groups excluding carboxylic acids is 1. The van der Waals surface area contributed by atoms with Gasteiger partial charge >= 0.3 is 0 Å². The van der Waals surface area contributed by atoms with Crippen LogP contribution < -0.4 is 10.5 Å². The Hall–Kier alpha value is -1.66. The SMILES string of the molecule is CC1CC2CC(C1)CC(C)(COc1cc(F)c(C(N)=O)cc1C1(O)COC1)C2. The first-order chi connectivity index (χ1) is 13.2. The molecule has 2 unspecified atom stereocenters. The summed E-state index contributed by atoms with van der Waals surface area (Å²) in [6.45, 7) is 5.23. The summed E-state index contributed by atoms with van der Waals surface area (Å²) in [7, 11) is 0. The maximum absolute atomic E-state index is 14.4. The van der Waals surface area contributed by atoms with Crippen LogP contribution in [0.1, 0.15) is 61.9 Å². The maximum atomic E-state index is 14.4. The molecule has 0 aromatic heterocycles. The number of rotatable bonds is 5. The van der Waals surface area contributed by atoms with Gasteiger partial charge in [-0.3, -0.25) is 4.79 Å². The number of halogens is 1. The van der Waals surface area contributed by atoms with E-state index >= 15 is 0 Å². The highest BCUT2D eigenvalue weighted by Gasteiger charge is 2.43. The zero-order valence-corrected chi connectivity index (χ0v) is 16.7. The van der Waals surface area contributed by atoms with Gasteiger partial charge in [0.15, 0.2) is 0 Å². The molecule has 1 aliphatic heterocycles. The van der Waals surface area contributed by atoms with Gasteiger partial charge in [-0.2, -0.15) is 0 Å². The number of fused-ring (bicyclic) bond motifs is 2. The van der Waals surface area contributed by atoms with E-state index in [1.807, 2.05) is 0 Å². The predicted molar refractivity (Wildman–Crippen MR) is 102 cm³/mol. The summed E-state index contributed by atoms with van der Waals surface area (Å²) >= 11 is 0. The van der Waals surface area contributed by atoms with Crippen molar-refractivity contribution in [3.05, 3.63) is 29.1 Å². The van der Waals surface area contributed by atoms with Gasteiger partial charge in [0.2, 0.25) is 0 Å². The van der Waals surface area contributed by atoms with E-state index in [0.717, 1.165) is 30.6 Å². The van der Waals surface area contributed by atoms with Crippen LogP contribution in [0, 0.1) is 29.0 Å². The zero-order valence-electron chi connectivity index (χ0n) is 16.7. The molecule has 6 heteroatoms. The highest BCUT2D eigenvalue weighted by molar-refractivity contribution is 5.93. The monoisotopic (exact) mass is 391 g/mol. The fourth-order valence-corrected chi connectivity index (χ4v) is 5.76. The molecule has 3 fully saturated rings. The van der Waals surface area contributed by atoms with Crippen LogP contribution in [0.2, 0.25) is 0 Å². The van der Waals surface area contributed by atoms with Gasteiger partial charge in [-0.1, -0.05) is 13.8 Å². The largest absolute Gasteiger partial charge is 0.493 e. The first-order valence-electron chi connectivity index (χ1n) is 10.2. The summed E-state index contributed by atoms with van der Waals surface area (Å²) in [5, 5.41) is 10.7. The second kappa shape index (κ2) is 6.99. The number of ether oxygens (including phenoxy) is 2. The lowest BCUT2D eigenvalue weighted by molar-refractivity contribution is -0.185. The number of aliphatic hydroxyl groups is 1. The number of hydrogen-bond acceptors (Lipinski definition) is 4. The van der Waals surface area contributed by atoms with Crippen LogP contribution in [0.15, 0.2) is 12.1 Å². The number of primary amides is 1. The van der Waals surface area contributed by atoms with Gasteiger partial charge in [0.25, 0.3) is 5.91 Å². The van der Waals surface area contributed by atoms with Gasteiger partial charge in [-0.05, 0) is 55.9 Å². The lowest BCUT2D eigenvalue weighted by Crippen LogP contribution is -2.47. The van der Waals surface area contributed by atoms with E-state index in [1.165, 1.54) is 31.4 Å². The number of hydrogen-bond donors (Lipinski definition) is 2. The van der Waals surface area contributed by atoms with Crippen LogP contribution in [0.5, 0.6) is 5.75 Å². The molecule has 1 aromatic carbocycles. The molecule has 1 aromatic rings. The molecular weight excluding hydrogens is 361 g/mol. The van der Waals surface area contributed by atoms with Gasteiger partial charge in [-0.25, -0.2) is 4.39 Å². The van der Waals surface area contributed by atoms with Crippen molar-refractivity contribution in [1.82, 2.24) is 0 Å². The molecular formula is C22H30FNO4. The van der Waals surface area contributed by atoms with Crippen molar-refractivity contribution in [3.8, 4) is 5.75 Å². The predicted octanol–water partition coefficient (Wildman–Crippen LogP) is 3.37. The third-order valence-electron chi connectivity index (χ3n) is 6.79. The molecule has 0 spiro atoms. The molecule has 5 nitrogen and oxygen atoms in total. The summed E-state index contributed by atoms with van der Waals surface area (Å²) in [6, 6.07) is 2.50. The summed E-state index contributed by atoms with van der Waals surface area (Å²) in [6.07, 6.45) is 6.08. The van der Waals surface area contributed by atoms with Crippen LogP contribution >= 0.6 is 0 Å². The Labute approximate surface area is 165 Å². The minimum absolute atomic E-state index is 0.0303. The summed E-state index contributed by atoms with van der Waals surface area (Å²) in [5.74, 6) is 0.940. The Morgan fingerprint density at radius 1 is 1.29 bits per heavy atom. The molecule has 1 saturated heterocycles. The lowest BCUT2D eigenvalue weighted by atomic mass is 9.60. The first kappa shape index (κ1) is 19.6. The highest BCUT2D eigenvalue weighted by Crippen LogP contribution is 2.50. The van der Waals surface area contributed by atoms with Gasteiger partial charge in [-0.15, -0.1) is 0 Å². The van der Waals surface area contributed by atoms with E-state index in [0.29, 0.717) is 12.2 Å². The topological polar surface area (TPSA) is 81.8 Å². The van der Waals surface area contributed by atoms with E-state index in [1.54, 1.807) is 0 Å². The summed E-state index contributed by atoms with van der Waals surface area (Å²) in [4.78, 5) is 11.5. The second-order valence-corrected chi connectivity index (χ2v) is 9.77. The fraction of sp³-hybridized carbons (Fsp3) is 0.682. The Morgan fingerprint density at radius 2 is 1.93 bits per heavy atom. The molecule has 2 atom stereocenters. The Morgan fingerprint density at radius 3 is 2.46 bits per heavy atom. The third-order valence-corrected chi connectivity index (χ3v) is 6.79. The minimum atomic E-state index is -1.27. The minimum Gasteiger partial charge on any atom is -0.493 e. The number of amides is 1. The maximum Gasteiger partial charge on any atom is 0.251 e.